The van der Waals surface area contributed by atoms with Crippen LogP contribution in [-0.4, -0.2) is 59.9 Å². The van der Waals surface area contributed by atoms with Crippen molar-refractivity contribution >= 4 is 22.7 Å². The molecule has 1 aromatic heterocycles. The number of hydrogen-bond donors (Lipinski definition) is 1. The van der Waals surface area contributed by atoms with Gasteiger partial charge in [0.05, 0.1) is 24.7 Å². The summed E-state index contributed by atoms with van der Waals surface area (Å²) >= 11 is 0. The second-order valence-electron chi connectivity index (χ2n) is 7.67. The molecule has 1 aliphatic heterocycles. The molecule has 2 aromatic carbocycles. The van der Waals surface area contributed by atoms with Gasteiger partial charge in [-0.2, -0.15) is 0 Å². The number of nitrogens with two attached hydrogens (primary N) is 1. The minimum atomic E-state index is -0.648. The molecular formula is C24H26N4O3. The van der Waals surface area contributed by atoms with Crippen LogP contribution in [0.15, 0.2) is 54.6 Å². The number of piperazine rings is 1. The number of rotatable bonds is 6. The fourth-order valence-electron chi connectivity index (χ4n) is 4.08. The highest BCUT2D eigenvalue weighted by molar-refractivity contribution is 6.03. The molecule has 2 N–H and O–H groups in total. The summed E-state index contributed by atoms with van der Waals surface area (Å²) in [6.45, 7) is 3.76. The maximum Gasteiger partial charge on any atom is 0.254 e. The molecule has 0 saturated carbocycles. The van der Waals surface area contributed by atoms with Gasteiger partial charge in [-0.25, -0.2) is 0 Å². The number of primary amides is 1. The lowest BCUT2D eigenvalue weighted by atomic mass is 10.0. The highest BCUT2D eigenvalue weighted by Crippen LogP contribution is 2.31. The molecule has 1 fully saturated rings. The van der Waals surface area contributed by atoms with Gasteiger partial charge in [-0.3, -0.25) is 19.5 Å². The number of pyridine rings is 1. The third-order valence-electron chi connectivity index (χ3n) is 5.66. The van der Waals surface area contributed by atoms with Crippen LogP contribution in [0.3, 0.4) is 0 Å². The normalized spacial score (nSPS) is 14.5. The highest BCUT2D eigenvalue weighted by Gasteiger charge is 2.26. The molecule has 160 valence electrons. The maximum atomic E-state index is 13.0. The molecule has 0 atom stereocenters. The molecule has 0 bridgehead atoms. The molecule has 1 aliphatic rings. The molecule has 2 heterocycles. The molecule has 0 radical (unpaired) electrons. The quantitative estimate of drug-likeness (QED) is 0.663. The van der Waals surface area contributed by atoms with Gasteiger partial charge in [-0.15, -0.1) is 0 Å². The Labute approximate surface area is 181 Å². The number of para-hydroxylation sites is 1. The van der Waals surface area contributed by atoms with Gasteiger partial charge in [0.1, 0.15) is 11.3 Å². The standard InChI is InChI=1S/C24H26N4O3/c1-31-23-18-9-5-6-10-19(18)26-20(22(23)24(25)30)15-21(29)28-13-11-27(12-14-28)16-17-7-3-2-4-8-17/h2-10H,11-16H2,1H3,(H2,25,30). The molecule has 0 aliphatic carbocycles. The van der Waals surface area contributed by atoms with Gasteiger partial charge < -0.3 is 15.4 Å². The van der Waals surface area contributed by atoms with Crippen molar-refractivity contribution in [2.75, 3.05) is 33.3 Å². The summed E-state index contributed by atoms with van der Waals surface area (Å²) in [6, 6.07) is 17.7. The first kappa shape index (κ1) is 20.8. The monoisotopic (exact) mass is 418 g/mol. The lowest BCUT2D eigenvalue weighted by Gasteiger charge is -2.35. The summed E-state index contributed by atoms with van der Waals surface area (Å²) in [5, 5.41) is 0.699. The number of benzene rings is 2. The SMILES string of the molecule is COc1c(C(N)=O)c(CC(=O)N2CCN(Cc3ccccc3)CC2)nc2ccccc12. The fraction of sp³-hybridized carbons (Fsp3) is 0.292. The Morgan fingerprint density at radius 1 is 1.00 bits per heavy atom. The predicted molar refractivity (Wildman–Crippen MR) is 119 cm³/mol. The van der Waals surface area contributed by atoms with Crippen LogP contribution in [-0.2, 0) is 17.8 Å². The minimum Gasteiger partial charge on any atom is -0.495 e. The Morgan fingerprint density at radius 2 is 1.68 bits per heavy atom. The summed E-state index contributed by atoms with van der Waals surface area (Å²) in [5.74, 6) is -0.342. The fourth-order valence-corrected chi connectivity index (χ4v) is 4.08. The van der Waals surface area contributed by atoms with Gasteiger partial charge >= 0.3 is 0 Å². The highest BCUT2D eigenvalue weighted by atomic mass is 16.5. The second-order valence-corrected chi connectivity index (χ2v) is 7.67. The predicted octanol–water partition coefficient (Wildman–Crippen LogP) is 2.23. The van der Waals surface area contributed by atoms with Gasteiger partial charge in [0, 0.05) is 38.1 Å². The van der Waals surface area contributed by atoms with Crippen LogP contribution in [0.5, 0.6) is 5.75 Å². The number of fused-ring (bicyclic) bond motifs is 1. The van der Waals surface area contributed by atoms with Crippen LogP contribution in [0.1, 0.15) is 21.6 Å². The summed E-state index contributed by atoms with van der Waals surface area (Å²) < 4.78 is 5.49. The summed E-state index contributed by atoms with van der Waals surface area (Å²) in [5.41, 5.74) is 8.11. The smallest absolute Gasteiger partial charge is 0.254 e. The van der Waals surface area contributed by atoms with Crippen LogP contribution in [0.25, 0.3) is 10.9 Å². The van der Waals surface area contributed by atoms with Gasteiger partial charge in [0.2, 0.25) is 5.91 Å². The zero-order valence-electron chi connectivity index (χ0n) is 17.6. The molecule has 3 aromatic rings. The number of methoxy groups -OCH3 is 1. The Kier molecular flexibility index (Phi) is 6.13. The molecule has 31 heavy (non-hydrogen) atoms. The van der Waals surface area contributed by atoms with Crippen molar-refractivity contribution in [2.24, 2.45) is 5.73 Å². The minimum absolute atomic E-state index is 0.0121. The molecule has 7 heteroatoms. The van der Waals surface area contributed by atoms with Crippen molar-refractivity contribution in [3.8, 4) is 5.75 Å². The van der Waals surface area contributed by atoms with Crippen LogP contribution in [0.2, 0.25) is 0 Å². The Bertz CT molecular complexity index is 1090. The molecule has 7 nitrogen and oxygen atoms in total. The van der Waals surface area contributed by atoms with Gasteiger partial charge in [0.25, 0.3) is 5.91 Å². The lowest BCUT2D eigenvalue weighted by molar-refractivity contribution is -0.132. The van der Waals surface area contributed by atoms with E-state index in [4.69, 9.17) is 10.5 Å². The average Bonchev–Trinajstić information content (AvgIpc) is 2.79. The molecule has 4 rings (SSSR count). The number of nitrogens with zero attached hydrogens (tertiary/aromatic N) is 3. The van der Waals surface area contributed by atoms with Crippen molar-refractivity contribution in [1.29, 1.82) is 0 Å². The number of hydrogen-bond acceptors (Lipinski definition) is 5. The summed E-state index contributed by atoms with van der Waals surface area (Å²) in [4.78, 5) is 33.9. The van der Waals surface area contributed by atoms with Crippen molar-refractivity contribution in [2.45, 2.75) is 13.0 Å². The summed E-state index contributed by atoms with van der Waals surface area (Å²) in [6.07, 6.45) is 0.0121. The first-order valence-corrected chi connectivity index (χ1v) is 10.4. The van der Waals surface area contributed by atoms with E-state index in [1.165, 1.54) is 12.7 Å². The van der Waals surface area contributed by atoms with E-state index in [9.17, 15) is 9.59 Å². The first-order chi connectivity index (χ1) is 15.1. The first-order valence-electron chi connectivity index (χ1n) is 10.4. The number of amides is 2. The van der Waals surface area contributed by atoms with Gasteiger partial charge in [-0.1, -0.05) is 42.5 Å². The Hall–Kier alpha value is -3.45. The van der Waals surface area contributed by atoms with E-state index in [2.05, 4.69) is 22.0 Å². The third kappa shape index (κ3) is 4.51. The van der Waals surface area contributed by atoms with E-state index in [1.807, 2.05) is 47.4 Å². The second kappa shape index (κ2) is 9.14. The van der Waals surface area contributed by atoms with Gasteiger partial charge in [-0.05, 0) is 17.7 Å². The molecule has 0 spiro atoms. The third-order valence-corrected chi connectivity index (χ3v) is 5.66. The summed E-state index contributed by atoms with van der Waals surface area (Å²) in [7, 11) is 1.49. The number of ether oxygens (including phenoxy) is 1. The number of aromatic nitrogens is 1. The van der Waals surface area contributed by atoms with E-state index in [0.717, 1.165) is 19.6 Å². The number of carbonyl (C=O) groups is 2. The van der Waals surface area contributed by atoms with Gasteiger partial charge in [0.15, 0.2) is 0 Å². The maximum absolute atomic E-state index is 13.0. The van der Waals surface area contributed by atoms with E-state index in [1.54, 1.807) is 0 Å². The van der Waals surface area contributed by atoms with Crippen LogP contribution < -0.4 is 10.5 Å². The van der Waals surface area contributed by atoms with E-state index < -0.39 is 5.91 Å². The molecule has 1 saturated heterocycles. The van der Waals surface area contributed by atoms with Crippen LogP contribution in [0, 0.1) is 0 Å². The van der Waals surface area contributed by atoms with Crippen molar-refractivity contribution in [1.82, 2.24) is 14.8 Å². The zero-order chi connectivity index (χ0) is 21.8. The van der Waals surface area contributed by atoms with Crippen molar-refractivity contribution in [3.05, 3.63) is 71.4 Å². The zero-order valence-corrected chi connectivity index (χ0v) is 17.6. The molecule has 0 unspecified atom stereocenters. The van der Waals surface area contributed by atoms with E-state index in [-0.39, 0.29) is 17.9 Å². The topological polar surface area (TPSA) is 88.8 Å². The Balaban J connectivity index is 1.49. The number of carbonyl (C=O) groups excluding carboxylic acids is 2. The van der Waals surface area contributed by atoms with Crippen molar-refractivity contribution < 1.29 is 14.3 Å². The Morgan fingerprint density at radius 3 is 2.35 bits per heavy atom. The van der Waals surface area contributed by atoms with Crippen molar-refractivity contribution in [3.63, 3.8) is 0 Å². The molecule has 2 amide bonds. The largest absolute Gasteiger partial charge is 0.495 e. The van der Waals surface area contributed by atoms with Crippen LogP contribution in [0.4, 0.5) is 0 Å². The van der Waals surface area contributed by atoms with Crippen LogP contribution >= 0.6 is 0 Å². The van der Waals surface area contributed by atoms with E-state index >= 15 is 0 Å². The van der Waals surface area contributed by atoms with E-state index in [0.29, 0.717) is 35.4 Å². The molecular weight excluding hydrogens is 392 g/mol. The average molecular weight is 418 g/mol. The lowest BCUT2D eigenvalue weighted by Crippen LogP contribution is -2.48.